The Hall–Kier alpha value is -3.06. The zero-order chi connectivity index (χ0) is 17.8. The monoisotopic (exact) mass is 353 g/mol. The van der Waals surface area contributed by atoms with Crippen LogP contribution in [-0.2, 0) is 4.79 Å². The predicted molar refractivity (Wildman–Crippen MR) is 99.8 cm³/mol. The zero-order valence-corrected chi connectivity index (χ0v) is 14.3. The van der Waals surface area contributed by atoms with Crippen molar-refractivity contribution in [2.45, 2.75) is 6.92 Å². The number of hydrogen-bond donors (Lipinski definition) is 0. The molecule has 7 heteroatoms. The van der Waals surface area contributed by atoms with Gasteiger partial charge < -0.3 is 0 Å². The lowest BCUT2D eigenvalue weighted by Gasteiger charge is -2.15. The molecule has 0 aliphatic carbocycles. The van der Waals surface area contributed by atoms with Crippen LogP contribution in [0.25, 0.3) is 16.3 Å². The first-order chi connectivity index (χ1) is 12.1. The number of carbonyl (C=O) groups excluding carboxylic acids is 1. The molecule has 1 heterocycles. The Bertz CT molecular complexity index is 915. The maximum absolute atomic E-state index is 12.5. The van der Waals surface area contributed by atoms with Gasteiger partial charge in [0, 0.05) is 24.8 Å². The van der Waals surface area contributed by atoms with Gasteiger partial charge in [-0.15, -0.1) is 0 Å². The van der Waals surface area contributed by atoms with Crippen molar-refractivity contribution in [2.24, 2.45) is 0 Å². The highest BCUT2D eigenvalue weighted by molar-refractivity contribution is 7.22. The zero-order valence-electron chi connectivity index (χ0n) is 13.5. The molecule has 0 bridgehead atoms. The number of aromatic nitrogens is 1. The smallest absolute Gasteiger partial charge is 0.269 e. The van der Waals surface area contributed by atoms with Crippen LogP contribution in [0, 0.1) is 10.1 Å². The molecule has 0 saturated carbocycles. The summed E-state index contributed by atoms with van der Waals surface area (Å²) in [5.41, 5.74) is 1.61. The second-order valence-corrected chi connectivity index (χ2v) is 6.24. The number of fused-ring (bicyclic) bond motifs is 1. The van der Waals surface area contributed by atoms with Crippen LogP contribution in [0.4, 0.5) is 10.8 Å². The Kier molecular flexibility index (Phi) is 4.85. The molecule has 0 atom stereocenters. The van der Waals surface area contributed by atoms with E-state index in [4.69, 9.17) is 0 Å². The Balaban J connectivity index is 1.78. The van der Waals surface area contributed by atoms with Crippen molar-refractivity contribution in [2.75, 3.05) is 11.4 Å². The molecule has 0 aliphatic rings. The van der Waals surface area contributed by atoms with Gasteiger partial charge in [-0.2, -0.15) is 0 Å². The normalized spacial score (nSPS) is 11.1. The van der Waals surface area contributed by atoms with E-state index in [-0.39, 0.29) is 11.6 Å². The van der Waals surface area contributed by atoms with Crippen molar-refractivity contribution in [3.63, 3.8) is 0 Å². The van der Waals surface area contributed by atoms with Crippen molar-refractivity contribution >= 4 is 44.4 Å². The van der Waals surface area contributed by atoms with Gasteiger partial charge in [-0.25, -0.2) is 4.98 Å². The van der Waals surface area contributed by atoms with Gasteiger partial charge in [-0.3, -0.25) is 19.8 Å². The topological polar surface area (TPSA) is 76.3 Å². The molecule has 25 heavy (non-hydrogen) atoms. The third-order valence-electron chi connectivity index (χ3n) is 3.62. The highest BCUT2D eigenvalue weighted by Gasteiger charge is 2.15. The molecule has 0 N–H and O–H groups in total. The van der Waals surface area contributed by atoms with Crippen molar-refractivity contribution in [1.29, 1.82) is 0 Å². The second-order valence-electron chi connectivity index (χ2n) is 5.23. The predicted octanol–water partition coefficient (Wildman–Crippen LogP) is 4.27. The maximum atomic E-state index is 12.5. The van der Waals surface area contributed by atoms with Crippen LogP contribution in [-0.4, -0.2) is 22.4 Å². The Morgan fingerprint density at radius 3 is 2.60 bits per heavy atom. The molecular formula is C18H15N3O3S. The number of likely N-dealkylation sites (N-methyl/N-ethyl adjacent to an activating group) is 1. The molecule has 3 aromatic rings. The highest BCUT2D eigenvalue weighted by atomic mass is 32.1. The van der Waals surface area contributed by atoms with Crippen molar-refractivity contribution in [1.82, 2.24) is 4.98 Å². The van der Waals surface area contributed by atoms with Gasteiger partial charge in [0.25, 0.3) is 11.6 Å². The summed E-state index contributed by atoms with van der Waals surface area (Å²) in [4.78, 5) is 28.8. The fraction of sp³-hybridized carbons (Fsp3) is 0.111. The fourth-order valence-corrected chi connectivity index (χ4v) is 3.36. The summed E-state index contributed by atoms with van der Waals surface area (Å²) in [5, 5.41) is 11.3. The first-order valence-electron chi connectivity index (χ1n) is 7.68. The SMILES string of the molecule is CCN(C(=O)/C=C/c1ccc([N+](=O)[O-])cc1)c1nc2ccccc2s1. The van der Waals surface area contributed by atoms with Crippen molar-refractivity contribution in [3.8, 4) is 0 Å². The van der Waals surface area contributed by atoms with E-state index < -0.39 is 4.92 Å². The van der Waals surface area contributed by atoms with Crippen molar-refractivity contribution in [3.05, 3.63) is 70.3 Å². The number of nitro groups is 1. The molecule has 3 rings (SSSR count). The van der Waals surface area contributed by atoms with Crippen LogP contribution < -0.4 is 4.90 Å². The molecule has 6 nitrogen and oxygen atoms in total. The number of hydrogen-bond acceptors (Lipinski definition) is 5. The molecule has 0 radical (unpaired) electrons. The molecule has 2 aromatic carbocycles. The van der Waals surface area contributed by atoms with Gasteiger partial charge in [0.15, 0.2) is 5.13 Å². The summed E-state index contributed by atoms with van der Waals surface area (Å²) in [5.74, 6) is -0.181. The molecule has 1 aromatic heterocycles. The van der Waals surface area contributed by atoms with Gasteiger partial charge in [-0.05, 0) is 42.8 Å². The Morgan fingerprint density at radius 1 is 1.24 bits per heavy atom. The van der Waals surface area contributed by atoms with Crippen LogP contribution >= 0.6 is 11.3 Å². The average molecular weight is 353 g/mol. The van der Waals surface area contributed by atoms with Gasteiger partial charge >= 0.3 is 0 Å². The summed E-state index contributed by atoms with van der Waals surface area (Å²) in [6.45, 7) is 2.40. The van der Waals surface area contributed by atoms with E-state index >= 15 is 0 Å². The number of anilines is 1. The summed E-state index contributed by atoms with van der Waals surface area (Å²) >= 11 is 1.47. The third kappa shape index (κ3) is 3.72. The lowest BCUT2D eigenvalue weighted by atomic mass is 10.2. The summed E-state index contributed by atoms with van der Waals surface area (Å²) in [6, 6.07) is 13.8. The van der Waals surface area contributed by atoms with Crippen LogP contribution in [0.3, 0.4) is 0 Å². The number of nitro benzene ring substituents is 1. The van der Waals surface area contributed by atoms with Crippen LogP contribution in [0.15, 0.2) is 54.6 Å². The first kappa shape index (κ1) is 16.8. The number of amides is 1. The van der Waals surface area contributed by atoms with Gasteiger partial charge in [0.05, 0.1) is 15.1 Å². The highest BCUT2D eigenvalue weighted by Crippen LogP contribution is 2.28. The van der Waals surface area contributed by atoms with Crippen LogP contribution in [0.1, 0.15) is 12.5 Å². The van der Waals surface area contributed by atoms with Crippen molar-refractivity contribution < 1.29 is 9.72 Å². The average Bonchev–Trinajstić information content (AvgIpc) is 3.04. The van der Waals surface area contributed by atoms with Gasteiger partial charge in [0.1, 0.15) is 0 Å². The first-order valence-corrected chi connectivity index (χ1v) is 8.49. The van der Waals surface area contributed by atoms with E-state index in [0.717, 1.165) is 15.8 Å². The summed E-state index contributed by atoms with van der Waals surface area (Å²) in [6.07, 6.45) is 3.10. The van der Waals surface area contributed by atoms with E-state index in [1.54, 1.807) is 23.1 Å². The second kappa shape index (κ2) is 7.23. The van der Waals surface area contributed by atoms with E-state index in [0.29, 0.717) is 11.7 Å². The minimum Gasteiger partial charge on any atom is -0.285 e. The summed E-state index contributed by atoms with van der Waals surface area (Å²) in [7, 11) is 0. The van der Waals surface area contributed by atoms with E-state index in [1.165, 1.54) is 29.5 Å². The molecule has 0 spiro atoms. The number of benzene rings is 2. The molecule has 0 aliphatic heterocycles. The lowest BCUT2D eigenvalue weighted by Crippen LogP contribution is -2.28. The van der Waals surface area contributed by atoms with Crippen LogP contribution in [0.2, 0.25) is 0 Å². The molecule has 0 unspecified atom stereocenters. The van der Waals surface area contributed by atoms with Gasteiger partial charge in [-0.1, -0.05) is 23.5 Å². The minimum absolute atomic E-state index is 0.0214. The van der Waals surface area contributed by atoms with E-state index in [2.05, 4.69) is 4.98 Å². The maximum Gasteiger partial charge on any atom is 0.269 e. The van der Waals surface area contributed by atoms with Gasteiger partial charge in [0.2, 0.25) is 0 Å². The number of non-ortho nitro benzene ring substituents is 1. The van der Waals surface area contributed by atoms with Crippen LogP contribution in [0.5, 0.6) is 0 Å². The standard InChI is InChI=1S/C18H15N3O3S/c1-2-20(18-19-15-5-3-4-6-16(15)25-18)17(22)12-9-13-7-10-14(11-8-13)21(23)24/h3-12H,2H2,1H3/b12-9+. The minimum atomic E-state index is -0.454. The number of nitrogens with zero attached hydrogens (tertiary/aromatic N) is 3. The number of para-hydroxylation sites is 1. The quantitative estimate of drug-likeness (QED) is 0.390. The molecule has 126 valence electrons. The Labute approximate surface area is 148 Å². The number of carbonyl (C=O) groups is 1. The Morgan fingerprint density at radius 2 is 1.96 bits per heavy atom. The van der Waals surface area contributed by atoms with E-state index in [9.17, 15) is 14.9 Å². The number of thiazole rings is 1. The fourth-order valence-electron chi connectivity index (χ4n) is 2.33. The lowest BCUT2D eigenvalue weighted by molar-refractivity contribution is -0.384. The summed E-state index contributed by atoms with van der Waals surface area (Å²) < 4.78 is 1.03. The van der Waals surface area contributed by atoms with E-state index in [1.807, 2.05) is 31.2 Å². The molecular weight excluding hydrogens is 338 g/mol. The molecule has 1 amide bonds. The third-order valence-corrected chi connectivity index (χ3v) is 4.68. The largest absolute Gasteiger partial charge is 0.285 e. The number of rotatable bonds is 5. The molecule has 0 saturated heterocycles. The molecule has 0 fully saturated rings.